The van der Waals surface area contributed by atoms with Gasteiger partial charge in [0.25, 0.3) is 0 Å². The molecule has 0 fully saturated rings. The molecule has 0 amide bonds. The van der Waals surface area contributed by atoms with Gasteiger partial charge in [-0.3, -0.25) is 0 Å². The lowest BCUT2D eigenvalue weighted by Gasteiger charge is -2.19. The van der Waals surface area contributed by atoms with Crippen LogP contribution in [0.1, 0.15) is 39.1 Å². The van der Waals surface area contributed by atoms with Crippen molar-refractivity contribution in [3.05, 3.63) is 41.7 Å². The standard InChI is InChI=1S/C17H23N3/c1-6-18-16-11-15(19-12(2)20-16)13-7-9-14(10-8-13)17(3,4)5/h7-11H,6H2,1-5H3,(H,18,19,20). The quantitative estimate of drug-likeness (QED) is 0.908. The van der Waals surface area contributed by atoms with Gasteiger partial charge in [-0.25, -0.2) is 9.97 Å². The number of hydrogen-bond acceptors (Lipinski definition) is 3. The van der Waals surface area contributed by atoms with Crippen LogP contribution in [0, 0.1) is 6.92 Å². The van der Waals surface area contributed by atoms with E-state index in [0.29, 0.717) is 0 Å². The molecule has 0 aliphatic rings. The number of nitrogens with one attached hydrogen (secondary N) is 1. The summed E-state index contributed by atoms with van der Waals surface area (Å²) < 4.78 is 0. The first-order valence-electron chi connectivity index (χ1n) is 7.10. The third kappa shape index (κ3) is 3.35. The van der Waals surface area contributed by atoms with Crippen LogP contribution < -0.4 is 5.32 Å². The normalized spacial score (nSPS) is 11.4. The van der Waals surface area contributed by atoms with E-state index in [1.807, 2.05) is 13.0 Å². The Morgan fingerprint density at radius 3 is 2.25 bits per heavy atom. The predicted molar refractivity (Wildman–Crippen MR) is 85.1 cm³/mol. The second kappa shape index (κ2) is 5.61. The third-order valence-electron chi connectivity index (χ3n) is 3.24. The second-order valence-electron chi connectivity index (χ2n) is 6.04. The summed E-state index contributed by atoms with van der Waals surface area (Å²) >= 11 is 0. The van der Waals surface area contributed by atoms with Gasteiger partial charge in [-0.15, -0.1) is 0 Å². The third-order valence-corrected chi connectivity index (χ3v) is 3.24. The predicted octanol–water partition coefficient (Wildman–Crippen LogP) is 4.18. The highest BCUT2D eigenvalue weighted by atomic mass is 15.0. The molecule has 0 unspecified atom stereocenters. The monoisotopic (exact) mass is 269 g/mol. The maximum atomic E-state index is 4.53. The largest absolute Gasteiger partial charge is 0.370 e. The van der Waals surface area contributed by atoms with Crippen LogP contribution in [0.25, 0.3) is 11.3 Å². The van der Waals surface area contributed by atoms with E-state index in [-0.39, 0.29) is 5.41 Å². The number of aromatic nitrogens is 2. The van der Waals surface area contributed by atoms with E-state index in [4.69, 9.17) is 0 Å². The fourth-order valence-corrected chi connectivity index (χ4v) is 2.13. The van der Waals surface area contributed by atoms with E-state index in [9.17, 15) is 0 Å². The zero-order chi connectivity index (χ0) is 14.8. The van der Waals surface area contributed by atoms with Gasteiger partial charge in [0.1, 0.15) is 11.6 Å². The van der Waals surface area contributed by atoms with Crippen molar-refractivity contribution in [1.82, 2.24) is 9.97 Å². The lowest BCUT2D eigenvalue weighted by molar-refractivity contribution is 0.590. The Labute approximate surface area is 121 Å². The molecule has 3 heteroatoms. The van der Waals surface area contributed by atoms with Crippen LogP contribution in [-0.2, 0) is 5.41 Å². The summed E-state index contributed by atoms with van der Waals surface area (Å²) in [4.78, 5) is 8.91. The summed E-state index contributed by atoms with van der Waals surface area (Å²) in [6.07, 6.45) is 0. The molecular weight excluding hydrogens is 246 g/mol. The smallest absolute Gasteiger partial charge is 0.130 e. The molecule has 20 heavy (non-hydrogen) atoms. The SMILES string of the molecule is CCNc1cc(-c2ccc(C(C)(C)C)cc2)nc(C)n1. The van der Waals surface area contributed by atoms with Crippen molar-refractivity contribution in [2.45, 2.75) is 40.0 Å². The second-order valence-corrected chi connectivity index (χ2v) is 6.04. The molecule has 0 aliphatic carbocycles. The molecule has 106 valence electrons. The van der Waals surface area contributed by atoms with Gasteiger partial charge in [0.05, 0.1) is 5.69 Å². The number of nitrogens with zero attached hydrogens (tertiary/aromatic N) is 2. The lowest BCUT2D eigenvalue weighted by Crippen LogP contribution is -2.10. The van der Waals surface area contributed by atoms with Gasteiger partial charge in [0.2, 0.25) is 0 Å². The Kier molecular flexibility index (Phi) is 4.07. The average molecular weight is 269 g/mol. The maximum absolute atomic E-state index is 4.53. The van der Waals surface area contributed by atoms with Gasteiger partial charge < -0.3 is 5.32 Å². The number of benzene rings is 1. The Bertz CT molecular complexity index is 580. The number of hydrogen-bond donors (Lipinski definition) is 1. The first-order valence-corrected chi connectivity index (χ1v) is 7.10. The van der Waals surface area contributed by atoms with E-state index < -0.39 is 0 Å². The molecule has 2 aromatic rings. The molecule has 0 saturated carbocycles. The summed E-state index contributed by atoms with van der Waals surface area (Å²) in [5.74, 6) is 1.67. The Balaban J connectivity index is 2.36. The Morgan fingerprint density at radius 1 is 1.05 bits per heavy atom. The molecule has 0 spiro atoms. The number of anilines is 1. The first kappa shape index (κ1) is 14.5. The van der Waals surface area contributed by atoms with Gasteiger partial charge in [0, 0.05) is 18.2 Å². The average Bonchev–Trinajstić information content (AvgIpc) is 2.37. The molecule has 0 atom stereocenters. The molecule has 1 aromatic carbocycles. The van der Waals surface area contributed by atoms with Gasteiger partial charge in [-0.05, 0) is 24.8 Å². The van der Waals surface area contributed by atoms with Crippen molar-refractivity contribution < 1.29 is 0 Å². The minimum absolute atomic E-state index is 0.176. The van der Waals surface area contributed by atoms with Crippen LogP contribution in [-0.4, -0.2) is 16.5 Å². The zero-order valence-electron chi connectivity index (χ0n) is 13.0. The maximum Gasteiger partial charge on any atom is 0.130 e. The van der Waals surface area contributed by atoms with Crippen molar-refractivity contribution in [3.63, 3.8) is 0 Å². The van der Waals surface area contributed by atoms with Crippen molar-refractivity contribution in [1.29, 1.82) is 0 Å². The van der Waals surface area contributed by atoms with E-state index in [2.05, 4.69) is 67.2 Å². The fraction of sp³-hybridized carbons (Fsp3) is 0.412. The molecule has 1 aromatic heterocycles. The highest BCUT2D eigenvalue weighted by Crippen LogP contribution is 2.26. The summed E-state index contributed by atoms with van der Waals surface area (Å²) in [5, 5.41) is 3.24. The molecular formula is C17H23N3. The van der Waals surface area contributed by atoms with Gasteiger partial charge >= 0.3 is 0 Å². The van der Waals surface area contributed by atoms with Gasteiger partial charge in [0.15, 0.2) is 0 Å². The van der Waals surface area contributed by atoms with Crippen molar-refractivity contribution >= 4 is 5.82 Å². The highest BCUT2D eigenvalue weighted by molar-refractivity contribution is 5.63. The molecule has 0 aliphatic heterocycles. The molecule has 1 N–H and O–H groups in total. The Hall–Kier alpha value is -1.90. The summed E-state index contributed by atoms with van der Waals surface area (Å²) in [7, 11) is 0. The molecule has 0 radical (unpaired) electrons. The van der Waals surface area contributed by atoms with Crippen LogP contribution in [0.4, 0.5) is 5.82 Å². The van der Waals surface area contributed by atoms with Crippen LogP contribution in [0.15, 0.2) is 30.3 Å². The summed E-state index contributed by atoms with van der Waals surface area (Å²) in [6.45, 7) is 11.5. The van der Waals surface area contributed by atoms with Crippen molar-refractivity contribution in [2.24, 2.45) is 0 Å². The highest BCUT2D eigenvalue weighted by Gasteiger charge is 2.13. The lowest BCUT2D eigenvalue weighted by atomic mass is 9.86. The zero-order valence-corrected chi connectivity index (χ0v) is 13.0. The van der Waals surface area contributed by atoms with E-state index in [1.54, 1.807) is 0 Å². The van der Waals surface area contributed by atoms with Crippen LogP contribution >= 0.6 is 0 Å². The van der Waals surface area contributed by atoms with Crippen molar-refractivity contribution in [3.8, 4) is 11.3 Å². The van der Waals surface area contributed by atoms with E-state index in [0.717, 1.165) is 29.4 Å². The molecule has 0 saturated heterocycles. The topological polar surface area (TPSA) is 37.8 Å². The molecule has 2 rings (SSSR count). The molecule has 3 nitrogen and oxygen atoms in total. The molecule has 1 heterocycles. The van der Waals surface area contributed by atoms with E-state index in [1.165, 1.54) is 5.56 Å². The van der Waals surface area contributed by atoms with Crippen LogP contribution in [0.3, 0.4) is 0 Å². The van der Waals surface area contributed by atoms with Crippen LogP contribution in [0.2, 0.25) is 0 Å². The first-order chi connectivity index (χ1) is 9.40. The van der Waals surface area contributed by atoms with E-state index >= 15 is 0 Å². The summed E-state index contributed by atoms with van der Waals surface area (Å²) in [5.41, 5.74) is 3.60. The Morgan fingerprint density at radius 2 is 1.70 bits per heavy atom. The van der Waals surface area contributed by atoms with Gasteiger partial charge in [-0.1, -0.05) is 45.0 Å². The number of aryl methyl sites for hydroxylation is 1. The summed E-state index contributed by atoms with van der Waals surface area (Å²) in [6, 6.07) is 10.6. The minimum atomic E-state index is 0.176. The van der Waals surface area contributed by atoms with Crippen LogP contribution in [0.5, 0.6) is 0 Å². The fourth-order valence-electron chi connectivity index (χ4n) is 2.13. The molecule has 0 bridgehead atoms. The number of rotatable bonds is 3. The van der Waals surface area contributed by atoms with Crippen molar-refractivity contribution in [2.75, 3.05) is 11.9 Å². The minimum Gasteiger partial charge on any atom is -0.370 e. The van der Waals surface area contributed by atoms with Gasteiger partial charge in [-0.2, -0.15) is 0 Å².